The fourth-order valence-electron chi connectivity index (χ4n) is 1.87. The average molecular weight is 308 g/mol. The molecule has 0 aliphatic rings. The van der Waals surface area contributed by atoms with Gasteiger partial charge in [-0.15, -0.1) is 0 Å². The van der Waals surface area contributed by atoms with E-state index in [1.807, 2.05) is 0 Å². The SMILES string of the molecule is CCN(CC)S(=O)(=O)c1cc(Cl)cc(CO)c1OC. The van der Waals surface area contributed by atoms with Crippen molar-refractivity contribution < 1.29 is 18.3 Å². The predicted octanol–water partition coefficient (Wildman–Crippen LogP) is 1.87. The summed E-state index contributed by atoms with van der Waals surface area (Å²) in [6.45, 7) is 3.87. The van der Waals surface area contributed by atoms with Gasteiger partial charge in [-0.3, -0.25) is 0 Å². The molecule has 1 N–H and O–H groups in total. The summed E-state index contributed by atoms with van der Waals surface area (Å²) in [4.78, 5) is -0.0183. The molecule has 0 spiro atoms. The van der Waals surface area contributed by atoms with Crippen LogP contribution in [0.15, 0.2) is 17.0 Å². The number of aliphatic hydroxyl groups excluding tert-OH is 1. The normalized spacial score (nSPS) is 11.9. The molecule has 0 aliphatic heterocycles. The first-order chi connectivity index (χ1) is 8.92. The predicted molar refractivity (Wildman–Crippen MR) is 74.0 cm³/mol. The highest BCUT2D eigenvalue weighted by Gasteiger charge is 2.27. The Labute approximate surface area is 118 Å². The second kappa shape index (κ2) is 6.56. The number of sulfonamides is 1. The molecular formula is C12H18ClNO4S. The maximum absolute atomic E-state index is 12.5. The minimum absolute atomic E-state index is 0.0183. The Kier molecular flexibility index (Phi) is 5.61. The molecular weight excluding hydrogens is 290 g/mol. The number of rotatable bonds is 6. The molecule has 0 radical (unpaired) electrons. The summed E-state index contributed by atoms with van der Waals surface area (Å²) >= 11 is 5.91. The van der Waals surface area contributed by atoms with Gasteiger partial charge >= 0.3 is 0 Å². The number of ether oxygens (including phenoxy) is 1. The van der Waals surface area contributed by atoms with E-state index in [2.05, 4.69) is 0 Å². The second-order valence-corrected chi connectivity index (χ2v) is 6.19. The lowest BCUT2D eigenvalue weighted by Gasteiger charge is -2.21. The first-order valence-electron chi connectivity index (χ1n) is 5.89. The van der Waals surface area contributed by atoms with Crippen LogP contribution in [0, 0.1) is 0 Å². The van der Waals surface area contributed by atoms with E-state index in [-0.39, 0.29) is 22.3 Å². The smallest absolute Gasteiger partial charge is 0.246 e. The van der Waals surface area contributed by atoms with E-state index >= 15 is 0 Å². The first-order valence-corrected chi connectivity index (χ1v) is 7.71. The Bertz CT molecular complexity index is 541. The summed E-state index contributed by atoms with van der Waals surface area (Å²) in [5, 5.41) is 9.52. The third-order valence-corrected chi connectivity index (χ3v) is 5.07. The molecule has 5 nitrogen and oxygen atoms in total. The van der Waals surface area contributed by atoms with Gasteiger partial charge in [0.1, 0.15) is 10.6 Å². The van der Waals surface area contributed by atoms with Crippen molar-refractivity contribution in [3.05, 3.63) is 22.7 Å². The molecule has 0 atom stereocenters. The van der Waals surface area contributed by atoms with Crippen LogP contribution >= 0.6 is 11.6 Å². The molecule has 19 heavy (non-hydrogen) atoms. The lowest BCUT2D eigenvalue weighted by molar-refractivity contribution is 0.272. The highest BCUT2D eigenvalue weighted by atomic mass is 35.5. The third kappa shape index (κ3) is 3.20. The second-order valence-electron chi connectivity index (χ2n) is 3.84. The lowest BCUT2D eigenvalue weighted by Crippen LogP contribution is -2.31. The minimum Gasteiger partial charge on any atom is -0.495 e. The van der Waals surface area contributed by atoms with Crippen LogP contribution in [0.4, 0.5) is 0 Å². The maximum Gasteiger partial charge on any atom is 0.246 e. The Morgan fingerprint density at radius 1 is 1.32 bits per heavy atom. The fraction of sp³-hybridized carbons (Fsp3) is 0.500. The molecule has 1 aromatic rings. The van der Waals surface area contributed by atoms with Crippen molar-refractivity contribution in [2.24, 2.45) is 0 Å². The highest BCUT2D eigenvalue weighted by molar-refractivity contribution is 7.89. The van der Waals surface area contributed by atoms with Crippen molar-refractivity contribution in [1.82, 2.24) is 4.31 Å². The van der Waals surface area contributed by atoms with Crippen molar-refractivity contribution in [2.75, 3.05) is 20.2 Å². The number of methoxy groups -OCH3 is 1. The van der Waals surface area contributed by atoms with E-state index in [9.17, 15) is 13.5 Å². The summed E-state index contributed by atoms with van der Waals surface area (Å²) in [7, 11) is -2.32. The minimum atomic E-state index is -3.69. The van der Waals surface area contributed by atoms with Crippen LogP contribution in [-0.4, -0.2) is 38.0 Å². The fourth-order valence-corrected chi connectivity index (χ4v) is 3.85. The Morgan fingerprint density at radius 2 is 1.89 bits per heavy atom. The molecule has 0 bridgehead atoms. The molecule has 0 aliphatic carbocycles. The number of aliphatic hydroxyl groups is 1. The van der Waals surface area contributed by atoms with Gasteiger partial charge in [-0.25, -0.2) is 8.42 Å². The molecule has 0 saturated carbocycles. The van der Waals surface area contributed by atoms with E-state index in [4.69, 9.17) is 16.3 Å². The van der Waals surface area contributed by atoms with Gasteiger partial charge in [0.2, 0.25) is 10.0 Å². The summed E-state index contributed by atoms with van der Waals surface area (Å²) in [5.41, 5.74) is 0.348. The molecule has 1 aromatic carbocycles. The molecule has 0 saturated heterocycles. The van der Waals surface area contributed by atoms with Gasteiger partial charge in [-0.1, -0.05) is 25.4 Å². The van der Waals surface area contributed by atoms with Crippen LogP contribution in [0.3, 0.4) is 0 Å². The van der Waals surface area contributed by atoms with E-state index in [0.717, 1.165) is 0 Å². The molecule has 0 heterocycles. The average Bonchev–Trinajstić information content (AvgIpc) is 2.38. The molecule has 0 amide bonds. The maximum atomic E-state index is 12.5. The highest BCUT2D eigenvalue weighted by Crippen LogP contribution is 2.33. The Balaban J connectivity index is 3.53. The van der Waals surface area contributed by atoms with Crippen molar-refractivity contribution in [2.45, 2.75) is 25.3 Å². The third-order valence-electron chi connectivity index (χ3n) is 2.79. The van der Waals surface area contributed by atoms with E-state index < -0.39 is 10.0 Å². The molecule has 0 unspecified atom stereocenters. The quantitative estimate of drug-likeness (QED) is 0.871. The standard InChI is InChI=1S/C12H18ClNO4S/c1-4-14(5-2)19(16,17)11-7-10(13)6-9(8-15)12(11)18-3/h6-7,15H,4-5,8H2,1-3H3. The van der Waals surface area contributed by atoms with Crippen LogP contribution in [-0.2, 0) is 16.6 Å². The topological polar surface area (TPSA) is 66.8 Å². The van der Waals surface area contributed by atoms with Crippen LogP contribution in [0.2, 0.25) is 5.02 Å². The zero-order valence-corrected chi connectivity index (χ0v) is 12.8. The number of halogens is 1. The zero-order chi connectivity index (χ0) is 14.6. The van der Waals surface area contributed by atoms with E-state index in [1.54, 1.807) is 13.8 Å². The molecule has 0 aromatic heterocycles. The van der Waals surface area contributed by atoms with E-state index in [0.29, 0.717) is 18.7 Å². The van der Waals surface area contributed by atoms with Gasteiger partial charge in [-0.05, 0) is 12.1 Å². The van der Waals surface area contributed by atoms with Gasteiger partial charge in [0, 0.05) is 23.7 Å². The monoisotopic (exact) mass is 307 g/mol. The van der Waals surface area contributed by atoms with Crippen molar-refractivity contribution in [3.63, 3.8) is 0 Å². The summed E-state index contributed by atoms with van der Waals surface area (Å²) < 4.78 is 31.4. The number of hydrogen-bond donors (Lipinski definition) is 1. The van der Waals surface area contributed by atoms with Crippen LogP contribution in [0.1, 0.15) is 19.4 Å². The summed E-state index contributed by atoms with van der Waals surface area (Å²) in [5.74, 6) is 0.138. The summed E-state index contributed by atoms with van der Waals surface area (Å²) in [6, 6.07) is 2.83. The number of benzene rings is 1. The van der Waals surface area contributed by atoms with Crippen LogP contribution in [0.25, 0.3) is 0 Å². The van der Waals surface area contributed by atoms with Gasteiger partial charge in [-0.2, -0.15) is 4.31 Å². The molecule has 1 rings (SSSR count). The van der Waals surface area contributed by atoms with Crippen molar-refractivity contribution >= 4 is 21.6 Å². The zero-order valence-electron chi connectivity index (χ0n) is 11.2. The van der Waals surface area contributed by atoms with E-state index in [1.165, 1.54) is 23.5 Å². The number of hydrogen-bond acceptors (Lipinski definition) is 4. The molecule has 7 heteroatoms. The van der Waals surface area contributed by atoms with Gasteiger partial charge in [0.05, 0.1) is 13.7 Å². The first kappa shape index (κ1) is 16.2. The lowest BCUT2D eigenvalue weighted by atomic mass is 10.2. The van der Waals surface area contributed by atoms with Gasteiger partial charge in [0.15, 0.2) is 0 Å². The summed E-state index contributed by atoms with van der Waals surface area (Å²) in [6.07, 6.45) is 0. The van der Waals surface area contributed by atoms with Gasteiger partial charge < -0.3 is 9.84 Å². The van der Waals surface area contributed by atoms with Crippen LogP contribution < -0.4 is 4.74 Å². The van der Waals surface area contributed by atoms with Gasteiger partial charge in [0.25, 0.3) is 0 Å². The number of nitrogens with zero attached hydrogens (tertiary/aromatic N) is 1. The Morgan fingerprint density at radius 3 is 2.32 bits per heavy atom. The Hall–Kier alpha value is -0.820. The largest absolute Gasteiger partial charge is 0.495 e. The van der Waals surface area contributed by atoms with Crippen molar-refractivity contribution in [3.8, 4) is 5.75 Å². The van der Waals surface area contributed by atoms with Crippen LogP contribution in [0.5, 0.6) is 5.75 Å². The molecule has 108 valence electrons. The van der Waals surface area contributed by atoms with Crippen molar-refractivity contribution in [1.29, 1.82) is 0 Å². The molecule has 0 fully saturated rings.